The van der Waals surface area contributed by atoms with E-state index >= 15 is 0 Å². The number of hydrazone groups is 1. The van der Waals surface area contributed by atoms with E-state index in [1.54, 1.807) is 6.07 Å². The Labute approximate surface area is 150 Å². The van der Waals surface area contributed by atoms with Gasteiger partial charge in [-0.1, -0.05) is 41.9 Å². The van der Waals surface area contributed by atoms with Gasteiger partial charge in [0, 0.05) is 10.9 Å². The summed E-state index contributed by atoms with van der Waals surface area (Å²) < 4.78 is 5.41. The highest BCUT2D eigenvalue weighted by molar-refractivity contribution is 6.32. The maximum atomic E-state index is 11.8. The first-order valence-electron chi connectivity index (χ1n) is 7.68. The molecule has 0 aliphatic carbocycles. The standard InChI is InChI=1S/C19H16ClN3O2/c1-13-5-4-7-16(9-13)25-12-18(24)23-21-11-15-10-14-6-2-3-8-17(14)22-19(15)20/h2-11H,12H2,1H3,(H,23,24). The zero-order valence-corrected chi connectivity index (χ0v) is 14.3. The van der Waals surface area contributed by atoms with Gasteiger partial charge in [-0.25, -0.2) is 10.4 Å². The lowest BCUT2D eigenvalue weighted by Gasteiger charge is -2.05. The molecule has 3 aromatic rings. The molecule has 0 spiro atoms. The first-order valence-corrected chi connectivity index (χ1v) is 8.06. The predicted octanol–water partition coefficient (Wildman–Crippen LogP) is 3.73. The van der Waals surface area contributed by atoms with Gasteiger partial charge in [0.15, 0.2) is 6.61 Å². The molecule has 0 unspecified atom stereocenters. The summed E-state index contributed by atoms with van der Waals surface area (Å²) in [5, 5.41) is 5.18. The first-order chi connectivity index (χ1) is 12.1. The van der Waals surface area contributed by atoms with E-state index in [0.29, 0.717) is 16.5 Å². The van der Waals surface area contributed by atoms with Gasteiger partial charge in [-0.3, -0.25) is 4.79 Å². The quantitative estimate of drug-likeness (QED) is 0.432. The zero-order valence-electron chi connectivity index (χ0n) is 13.6. The molecule has 126 valence electrons. The fourth-order valence-electron chi connectivity index (χ4n) is 2.26. The highest BCUT2D eigenvalue weighted by Crippen LogP contribution is 2.18. The van der Waals surface area contributed by atoms with Gasteiger partial charge < -0.3 is 4.74 Å². The van der Waals surface area contributed by atoms with Crippen LogP contribution < -0.4 is 10.2 Å². The number of carbonyl (C=O) groups is 1. The molecule has 1 heterocycles. The van der Waals surface area contributed by atoms with Gasteiger partial charge in [-0.15, -0.1) is 0 Å². The minimum atomic E-state index is -0.359. The Hall–Kier alpha value is -2.92. The first kappa shape index (κ1) is 16.9. The molecule has 0 atom stereocenters. The summed E-state index contributed by atoms with van der Waals surface area (Å²) >= 11 is 6.13. The summed E-state index contributed by atoms with van der Waals surface area (Å²) in [6.45, 7) is 1.84. The van der Waals surface area contributed by atoms with Crippen LogP contribution in [-0.4, -0.2) is 23.7 Å². The minimum absolute atomic E-state index is 0.121. The molecule has 5 nitrogen and oxygen atoms in total. The van der Waals surface area contributed by atoms with E-state index < -0.39 is 0 Å². The van der Waals surface area contributed by atoms with Crippen LogP contribution in [0, 0.1) is 6.92 Å². The summed E-state index contributed by atoms with van der Waals surface area (Å²) in [6.07, 6.45) is 1.46. The van der Waals surface area contributed by atoms with Gasteiger partial charge in [-0.05, 0) is 36.8 Å². The number of aryl methyl sites for hydroxylation is 1. The maximum absolute atomic E-state index is 11.8. The van der Waals surface area contributed by atoms with Crippen molar-refractivity contribution in [3.05, 3.63) is 70.9 Å². The number of amides is 1. The molecule has 0 aliphatic rings. The van der Waals surface area contributed by atoms with Crippen molar-refractivity contribution in [1.82, 2.24) is 10.4 Å². The maximum Gasteiger partial charge on any atom is 0.277 e. The molecule has 0 bridgehead atoms. The lowest BCUT2D eigenvalue weighted by Crippen LogP contribution is -2.24. The van der Waals surface area contributed by atoms with Crippen molar-refractivity contribution in [2.75, 3.05) is 6.61 Å². The fourth-order valence-corrected chi connectivity index (χ4v) is 2.45. The van der Waals surface area contributed by atoms with Crippen LogP contribution in [0.1, 0.15) is 11.1 Å². The van der Waals surface area contributed by atoms with Crippen molar-refractivity contribution in [1.29, 1.82) is 0 Å². The third kappa shape index (κ3) is 4.55. The molecule has 0 saturated carbocycles. The molecule has 0 fully saturated rings. The molecule has 1 N–H and O–H groups in total. The molecular weight excluding hydrogens is 338 g/mol. The Balaban J connectivity index is 1.59. The van der Waals surface area contributed by atoms with E-state index in [4.69, 9.17) is 16.3 Å². The summed E-state index contributed by atoms with van der Waals surface area (Å²) in [4.78, 5) is 16.1. The molecule has 0 radical (unpaired) electrons. The number of hydrogen-bond donors (Lipinski definition) is 1. The molecule has 2 aromatic carbocycles. The molecule has 3 rings (SSSR count). The van der Waals surface area contributed by atoms with Crippen LogP contribution in [0.5, 0.6) is 5.75 Å². The van der Waals surface area contributed by atoms with E-state index in [-0.39, 0.29) is 12.5 Å². The van der Waals surface area contributed by atoms with Gasteiger partial charge in [0.2, 0.25) is 0 Å². The third-order valence-electron chi connectivity index (χ3n) is 3.46. The van der Waals surface area contributed by atoms with E-state index in [1.807, 2.05) is 55.5 Å². The number of aromatic nitrogens is 1. The van der Waals surface area contributed by atoms with Crippen molar-refractivity contribution < 1.29 is 9.53 Å². The van der Waals surface area contributed by atoms with Crippen LogP contribution in [0.4, 0.5) is 0 Å². The summed E-state index contributed by atoms with van der Waals surface area (Å²) in [5.74, 6) is 0.281. The number of ether oxygens (including phenoxy) is 1. The Bertz CT molecular complexity index is 941. The van der Waals surface area contributed by atoms with E-state index in [2.05, 4.69) is 15.5 Å². The number of para-hydroxylation sites is 1. The van der Waals surface area contributed by atoms with Gasteiger partial charge in [0.05, 0.1) is 11.7 Å². The van der Waals surface area contributed by atoms with Gasteiger partial charge in [0.25, 0.3) is 5.91 Å². The Morgan fingerprint density at radius 2 is 2.08 bits per heavy atom. The van der Waals surface area contributed by atoms with Crippen LogP contribution >= 0.6 is 11.6 Å². The number of fused-ring (bicyclic) bond motifs is 1. The topological polar surface area (TPSA) is 63.6 Å². The zero-order chi connectivity index (χ0) is 17.6. The number of nitrogens with one attached hydrogen (secondary N) is 1. The summed E-state index contributed by atoms with van der Waals surface area (Å²) in [5.41, 5.74) is 4.91. The van der Waals surface area contributed by atoms with Gasteiger partial charge in [0.1, 0.15) is 10.9 Å². The number of rotatable bonds is 5. The van der Waals surface area contributed by atoms with Crippen molar-refractivity contribution >= 4 is 34.6 Å². The molecule has 1 aromatic heterocycles. The van der Waals surface area contributed by atoms with Crippen molar-refractivity contribution in [2.45, 2.75) is 6.92 Å². The molecule has 0 aliphatic heterocycles. The Morgan fingerprint density at radius 1 is 1.24 bits per heavy atom. The average Bonchev–Trinajstić information content (AvgIpc) is 2.60. The van der Waals surface area contributed by atoms with Crippen molar-refractivity contribution in [3.8, 4) is 5.75 Å². The summed E-state index contributed by atoms with van der Waals surface area (Å²) in [7, 11) is 0. The molecule has 1 amide bonds. The SMILES string of the molecule is Cc1cccc(OCC(=O)NN=Cc2cc3ccccc3nc2Cl)c1. The van der Waals surface area contributed by atoms with Crippen LogP contribution in [0.2, 0.25) is 5.15 Å². The lowest BCUT2D eigenvalue weighted by atomic mass is 10.2. The number of carbonyl (C=O) groups excluding carboxylic acids is 1. The Morgan fingerprint density at radius 3 is 2.92 bits per heavy atom. The van der Waals surface area contributed by atoms with E-state index in [1.165, 1.54) is 6.21 Å². The highest BCUT2D eigenvalue weighted by atomic mass is 35.5. The predicted molar refractivity (Wildman–Crippen MR) is 99.2 cm³/mol. The highest BCUT2D eigenvalue weighted by Gasteiger charge is 2.04. The van der Waals surface area contributed by atoms with Crippen molar-refractivity contribution in [2.24, 2.45) is 5.10 Å². The normalized spacial score (nSPS) is 11.0. The van der Waals surface area contributed by atoms with Gasteiger partial charge >= 0.3 is 0 Å². The third-order valence-corrected chi connectivity index (χ3v) is 3.76. The second-order valence-corrected chi connectivity index (χ2v) is 5.82. The smallest absolute Gasteiger partial charge is 0.277 e. The lowest BCUT2D eigenvalue weighted by molar-refractivity contribution is -0.123. The number of hydrogen-bond acceptors (Lipinski definition) is 4. The van der Waals surface area contributed by atoms with Crippen molar-refractivity contribution in [3.63, 3.8) is 0 Å². The largest absolute Gasteiger partial charge is 0.484 e. The van der Waals surface area contributed by atoms with Crippen LogP contribution in [-0.2, 0) is 4.79 Å². The number of nitrogens with zero attached hydrogens (tertiary/aromatic N) is 2. The Kier molecular flexibility index (Phi) is 5.26. The fraction of sp³-hybridized carbons (Fsp3) is 0.105. The number of halogens is 1. The second kappa shape index (κ2) is 7.77. The number of benzene rings is 2. The van der Waals surface area contributed by atoms with Crippen LogP contribution in [0.15, 0.2) is 59.7 Å². The average molecular weight is 354 g/mol. The monoisotopic (exact) mass is 353 g/mol. The molecule has 25 heavy (non-hydrogen) atoms. The summed E-state index contributed by atoms with van der Waals surface area (Å²) in [6, 6.07) is 17.0. The van der Waals surface area contributed by atoms with E-state index in [0.717, 1.165) is 16.5 Å². The van der Waals surface area contributed by atoms with Crippen LogP contribution in [0.3, 0.4) is 0 Å². The molecule has 6 heteroatoms. The van der Waals surface area contributed by atoms with Crippen LogP contribution in [0.25, 0.3) is 10.9 Å². The second-order valence-electron chi connectivity index (χ2n) is 5.46. The van der Waals surface area contributed by atoms with Gasteiger partial charge in [-0.2, -0.15) is 5.10 Å². The molecule has 0 saturated heterocycles. The minimum Gasteiger partial charge on any atom is -0.484 e. The number of pyridine rings is 1. The molecular formula is C19H16ClN3O2. The van der Waals surface area contributed by atoms with E-state index in [9.17, 15) is 4.79 Å².